The van der Waals surface area contributed by atoms with Gasteiger partial charge in [0, 0.05) is 12.0 Å². The minimum Gasteiger partial charge on any atom is -0.480 e. The number of carbonyl (C=O) groups excluding carboxylic acids is 1. The normalized spacial score (nSPS) is 20.4. The highest BCUT2D eigenvalue weighted by atomic mass is 16.5. The molecule has 1 aromatic heterocycles. The summed E-state index contributed by atoms with van der Waals surface area (Å²) in [5, 5.41) is 15.3. The number of nitrogens with one attached hydrogen (secondary N) is 1. The first-order chi connectivity index (χ1) is 8.65. The molecule has 0 radical (unpaired) electrons. The summed E-state index contributed by atoms with van der Waals surface area (Å²) in [5.74, 6) is -0.920. The molecule has 0 saturated heterocycles. The third-order valence-electron chi connectivity index (χ3n) is 3.39. The summed E-state index contributed by atoms with van der Waals surface area (Å²) in [6.07, 6.45) is 3.85. The zero-order valence-electron chi connectivity index (χ0n) is 9.76. The van der Waals surface area contributed by atoms with Crippen LogP contribution in [0.15, 0.2) is 10.6 Å². The fourth-order valence-electron chi connectivity index (χ4n) is 1.99. The van der Waals surface area contributed by atoms with Crippen LogP contribution in [0.1, 0.15) is 47.8 Å². The first kappa shape index (κ1) is 11.3. The number of hydrogen-bond acceptors (Lipinski definition) is 4. The van der Waals surface area contributed by atoms with Crippen LogP contribution in [0.3, 0.4) is 0 Å². The van der Waals surface area contributed by atoms with Crippen molar-refractivity contribution in [2.75, 3.05) is 0 Å². The molecule has 0 aliphatic heterocycles. The van der Waals surface area contributed by atoms with Crippen molar-refractivity contribution in [1.82, 2.24) is 10.5 Å². The van der Waals surface area contributed by atoms with Crippen molar-refractivity contribution in [3.8, 4) is 0 Å². The van der Waals surface area contributed by atoms with Crippen LogP contribution in [-0.2, 0) is 4.79 Å². The number of aromatic nitrogens is 1. The van der Waals surface area contributed by atoms with E-state index >= 15 is 0 Å². The molecule has 18 heavy (non-hydrogen) atoms. The summed E-state index contributed by atoms with van der Waals surface area (Å²) in [6.45, 7) is 0. The molecule has 1 unspecified atom stereocenters. The smallest absolute Gasteiger partial charge is 0.326 e. The van der Waals surface area contributed by atoms with Crippen LogP contribution >= 0.6 is 0 Å². The van der Waals surface area contributed by atoms with Crippen LogP contribution in [0, 0.1) is 5.92 Å². The molecule has 0 aromatic carbocycles. The molecule has 0 spiro atoms. The van der Waals surface area contributed by atoms with Crippen LogP contribution in [0.4, 0.5) is 0 Å². The Morgan fingerprint density at radius 2 is 2.11 bits per heavy atom. The van der Waals surface area contributed by atoms with Gasteiger partial charge >= 0.3 is 5.97 Å². The fourth-order valence-corrected chi connectivity index (χ4v) is 1.99. The highest BCUT2D eigenvalue weighted by Crippen LogP contribution is 2.39. The molecule has 1 heterocycles. The van der Waals surface area contributed by atoms with Gasteiger partial charge in [0.1, 0.15) is 6.04 Å². The van der Waals surface area contributed by atoms with E-state index in [-0.39, 0.29) is 11.7 Å². The van der Waals surface area contributed by atoms with Crippen molar-refractivity contribution in [2.24, 2.45) is 5.92 Å². The van der Waals surface area contributed by atoms with E-state index in [0.29, 0.717) is 5.92 Å². The molecule has 3 rings (SSSR count). The second-order valence-electron chi connectivity index (χ2n) is 5.02. The number of rotatable bonds is 5. The van der Waals surface area contributed by atoms with Gasteiger partial charge < -0.3 is 14.9 Å². The van der Waals surface area contributed by atoms with Crippen LogP contribution < -0.4 is 5.32 Å². The molecule has 96 valence electrons. The van der Waals surface area contributed by atoms with Crippen LogP contribution in [0.5, 0.6) is 0 Å². The van der Waals surface area contributed by atoms with Gasteiger partial charge in [-0.2, -0.15) is 0 Å². The predicted octanol–water partition coefficient (Wildman–Crippen LogP) is 1.14. The Morgan fingerprint density at radius 1 is 1.39 bits per heavy atom. The first-order valence-corrected chi connectivity index (χ1v) is 6.15. The largest absolute Gasteiger partial charge is 0.480 e. The number of carbonyl (C=O) groups is 2. The summed E-state index contributed by atoms with van der Waals surface area (Å²) in [6, 6.07) is 0.797. The van der Waals surface area contributed by atoms with Crippen molar-refractivity contribution < 1.29 is 19.2 Å². The molecule has 2 saturated carbocycles. The Labute approximate surface area is 103 Å². The van der Waals surface area contributed by atoms with Crippen molar-refractivity contribution in [1.29, 1.82) is 0 Å². The lowest BCUT2D eigenvalue weighted by Crippen LogP contribution is -2.42. The lowest BCUT2D eigenvalue weighted by atomic mass is 10.2. The lowest BCUT2D eigenvalue weighted by Gasteiger charge is -2.11. The SMILES string of the molecule is O=C(NC(C(=O)O)C1CC1)c1cc(C2CC2)no1. The van der Waals surface area contributed by atoms with E-state index < -0.39 is 17.9 Å². The van der Waals surface area contributed by atoms with Gasteiger partial charge in [-0.15, -0.1) is 0 Å². The van der Waals surface area contributed by atoms with Gasteiger partial charge in [0.25, 0.3) is 5.91 Å². The van der Waals surface area contributed by atoms with Crippen molar-refractivity contribution in [2.45, 2.75) is 37.6 Å². The fraction of sp³-hybridized carbons (Fsp3) is 0.583. The van der Waals surface area contributed by atoms with Gasteiger partial charge in [-0.1, -0.05) is 5.16 Å². The number of carboxylic acid groups (broad SMARTS) is 1. The zero-order valence-corrected chi connectivity index (χ0v) is 9.76. The molecular formula is C12H14N2O4. The van der Waals surface area contributed by atoms with Gasteiger partial charge in [-0.3, -0.25) is 4.79 Å². The third-order valence-corrected chi connectivity index (χ3v) is 3.39. The standard InChI is InChI=1S/C12H14N2O4/c15-11(13-10(12(16)17)7-3-4-7)9-5-8(14-18-9)6-1-2-6/h5-7,10H,1-4H2,(H,13,15)(H,16,17). The highest BCUT2D eigenvalue weighted by molar-refractivity contribution is 5.94. The predicted molar refractivity (Wildman–Crippen MR) is 60.1 cm³/mol. The summed E-state index contributed by atoms with van der Waals surface area (Å²) in [5.41, 5.74) is 0.790. The average Bonchev–Trinajstić information content (AvgIpc) is 3.25. The van der Waals surface area contributed by atoms with E-state index in [4.69, 9.17) is 9.63 Å². The van der Waals surface area contributed by atoms with Gasteiger partial charge in [0.2, 0.25) is 5.76 Å². The Balaban J connectivity index is 1.66. The molecule has 6 nitrogen and oxygen atoms in total. The second kappa shape index (κ2) is 4.12. The van der Waals surface area contributed by atoms with Gasteiger partial charge in [-0.05, 0) is 31.6 Å². The third kappa shape index (κ3) is 2.23. The summed E-state index contributed by atoms with van der Waals surface area (Å²) >= 11 is 0. The minimum absolute atomic E-state index is 0.0530. The Hall–Kier alpha value is -1.85. The van der Waals surface area contributed by atoms with E-state index in [1.807, 2.05) is 0 Å². The van der Waals surface area contributed by atoms with E-state index in [9.17, 15) is 9.59 Å². The van der Waals surface area contributed by atoms with E-state index in [1.165, 1.54) is 0 Å². The summed E-state index contributed by atoms with van der Waals surface area (Å²) in [4.78, 5) is 22.9. The highest BCUT2D eigenvalue weighted by Gasteiger charge is 2.38. The molecule has 1 atom stereocenters. The first-order valence-electron chi connectivity index (χ1n) is 6.15. The molecular weight excluding hydrogens is 236 g/mol. The zero-order chi connectivity index (χ0) is 12.7. The van der Waals surface area contributed by atoms with Gasteiger partial charge in [-0.25, -0.2) is 4.79 Å². The van der Waals surface area contributed by atoms with Crippen molar-refractivity contribution in [3.63, 3.8) is 0 Å². The Kier molecular flexibility index (Phi) is 2.57. The maximum Gasteiger partial charge on any atom is 0.326 e. The Morgan fingerprint density at radius 3 is 2.67 bits per heavy atom. The van der Waals surface area contributed by atoms with E-state index in [0.717, 1.165) is 31.4 Å². The molecule has 2 N–H and O–H groups in total. The topological polar surface area (TPSA) is 92.4 Å². The quantitative estimate of drug-likeness (QED) is 0.817. The number of aliphatic carboxylic acids is 1. The van der Waals surface area contributed by atoms with Crippen molar-refractivity contribution >= 4 is 11.9 Å². The van der Waals surface area contributed by atoms with Crippen LogP contribution in [-0.4, -0.2) is 28.2 Å². The van der Waals surface area contributed by atoms with Crippen molar-refractivity contribution in [3.05, 3.63) is 17.5 Å². The molecule has 2 aliphatic carbocycles. The monoisotopic (exact) mass is 250 g/mol. The molecule has 2 fully saturated rings. The second-order valence-corrected chi connectivity index (χ2v) is 5.02. The number of hydrogen-bond donors (Lipinski definition) is 2. The minimum atomic E-state index is -0.993. The van der Waals surface area contributed by atoms with Gasteiger partial charge in [0.15, 0.2) is 0 Å². The number of nitrogens with zero attached hydrogens (tertiary/aromatic N) is 1. The molecule has 0 bridgehead atoms. The molecule has 1 amide bonds. The average molecular weight is 250 g/mol. The lowest BCUT2D eigenvalue weighted by molar-refractivity contribution is -0.139. The van der Waals surface area contributed by atoms with E-state index in [2.05, 4.69) is 10.5 Å². The molecule has 1 aromatic rings. The molecule has 2 aliphatic rings. The van der Waals surface area contributed by atoms with Crippen LogP contribution in [0.2, 0.25) is 0 Å². The maximum atomic E-state index is 11.8. The summed E-state index contributed by atoms with van der Waals surface area (Å²) in [7, 11) is 0. The van der Waals surface area contributed by atoms with E-state index in [1.54, 1.807) is 6.07 Å². The Bertz CT molecular complexity index is 488. The maximum absolute atomic E-state index is 11.8. The van der Waals surface area contributed by atoms with Crippen LogP contribution in [0.25, 0.3) is 0 Å². The number of carboxylic acids is 1. The number of amides is 1. The van der Waals surface area contributed by atoms with Gasteiger partial charge in [0.05, 0.1) is 5.69 Å². The molecule has 6 heteroatoms. The summed E-state index contributed by atoms with van der Waals surface area (Å²) < 4.78 is 4.95.